The summed E-state index contributed by atoms with van der Waals surface area (Å²) >= 11 is 0. The Labute approximate surface area is 87.2 Å². The van der Waals surface area contributed by atoms with E-state index in [-0.39, 0.29) is 5.91 Å². The Morgan fingerprint density at radius 1 is 1.43 bits per heavy atom. The van der Waals surface area contributed by atoms with Crippen molar-refractivity contribution in [3.8, 4) is 0 Å². The molecular weight excluding hydrogens is 176 g/mol. The van der Waals surface area contributed by atoms with Crippen LogP contribution in [0.3, 0.4) is 0 Å². The van der Waals surface area contributed by atoms with Crippen molar-refractivity contribution < 1.29 is 4.79 Å². The number of likely N-dealkylation sites (N-methyl/N-ethyl adjacent to an activating group) is 1. The average molecular weight is 198 g/mol. The first-order valence-electron chi connectivity index (χ1n) is 5.29. The molecule has 0 aliphatic rings. The van der Waals surface area contributed by atoms with Crippen molar-refractivity contribution in [1.29, 1.82) is 0 Å². The number of amides is 1. The molecular formula is C11H22N2O. The van der Waals surface area contributed by atoms with Crippen molar-refractivity contribution in [3.05, 3.63) is 12.2 Å². The second kappa shape index (κ2) is 7.56. The molecule has 82 valence electrons. The van der Waals surface area contributed by atoms with Crippen molar-refractivity contribution >= 4 is 5.91 Å². The molecule has 0 aromatic heterocycles. The van der Waals surface area contributed by atoms with Crippen LogP contribution in [-0.2, 0) is 4.79 Å². The molecule has 3 nitrogen and oxygen atoms in total. The van der Waals surface area contributed by atoms with Gasteiger partial charge in [-0.25, -0.2) is 0 Å². The molecule has 0 saturated carbocycles. The van der Waals surface area contributed by atoms with Crippen molar-refractivity contribution in [1.82, 2.24) is 10.2 Å². The van der Waals surface area contributed by atoms with E-state index >= 15 is 0 Å². The summed E-state index contributed by atoms with van der Waals surface area (Å²) in [6.07, 6.45) is 1.00. The first-order chi connectivity index (χ1) is 6.63. The summed E-state index contributed by atoms with van der Waals surface area (Å²) in [6.45, 7) is 13.0. The van der Waals surface area contributed by atoms with E-state index in [0.717, 1.165) is 32.6 Å². The van der Waals surface area contributed by atoms with Crippen LogP contribution in [-0.4, -0.2) is 37.0 Å². The van der Waals surface area contributed by atoms with E-state index < -0.39 is 0 Å². The number of carbonyl (C=O) groups is 1. The molecule has 0 aliphatic carbocycles. The highest BCUT2D eigenvalue weighted by molar-refractivity contribution is 5.92. The predicted molar refractivity (Wildman–Crippen MR) is 60.2 cm³/mol. The van der Waals surface area contributed by atoms with Crippen LogP contribution in [0.5, 0.6) is 0 Å². The van der Waals surface area contributed by atoms with E-state index in [2.05, 4.69) is 18.8 Å². The van der Waals surface area contributed by atoms with Gasteiger partial charge in [0.2, 0.25) is 5.91 Å². The minimum atomic E-state index is 0.0731. The highest BCUT2D eigenvalue weighted by atomic mass is 16.2. The number of rotatable bonds is 7. The van der Waals surface area contributed by atoms with Crippen LogP contribution in [0, 0.1) is 0 Å². The van der Waals surface area contributed by atoms with Gasteiger partial charge in [-0.3, -0.25) is 4.79 Å². The molecule has 14 heavy (non-hydrogen) atoms. The van der Waals surface area contributed by atoms with Crippen LogP contribution in [0.25, 0.3) is 0 Å². The fourth-order valence-electron chi connectivity index (χ4n) is 1.24. The Kier molecular flexibility index (Phi) is 7.11. The SMILES string of the molecule is C=C(C)C(=O)N(CC)CCCNCC. The minimum Gasteiger partial charge on any atom is -0.339 e. The van der Waals surface area contributed by atoms with Crippen molar-refractivity contribution in [2.75, 3.05) is 26.2 Å². The molecule has 0 aromatic rings. The molecule has 0 aliphatic heterocycles. The van der Waals surface area contributed by atoms with Crippen molar-refractivity contribution in [2.24, 2.45) is 0 Å². The maximum Gasteiger partial charge on any atom is 0.248 e. The normalized spacial score (nSPS) is 9.93. The van der Waals surface area contributed by atoms with Crippen LogP contribution in [0.1, 0.15) is 27.2 Å². The summed E-state index contributed by atoms with van der Waals surface area (Å²) in [7, 11) is 0. The van der Waals surface area contributed by atoms with Crippen molar-refractivity contribution in [2.45, 2.75) is 27.2 Å². The quantitative estimate of drug-likeness (QED) is 0.495. The first kappa shape index (κ1) is 13.2. The maximum absolute atomic E-state index is 11.5. The number of nitrogens with zero attached hydrogens (tertiary/aromatic N) is 1. The van der Waals surface area contributed by atoms with Gasteiger partial charge in [0.25, 0.3) is 0 Å². The molecule has 0 radical (unpaired) electrons. The van der Waals surface area contributed by atoms with Gasteiger partial charge in [-0.15, -0.1) is 0 Å². The second-order valence-electron chi connectivity index (χ2n) is 3.37. The highest BCUT2D eigenvalue weighted by Gasteiger charge is 2.10. The Balaban J connectivity index is 3.79. The van der Waals surface area contributed by atoms with Gasteiger partial charge in [-0.2, -0.15) is 0 Å². The maximum atomic E-state index is 11.5. The van der Waals surface area contributed by atoms with Crippen LogP contribution < -0.4 is 5.32 Å². The van der Waals surface area contributed by atoms with Crippen LogP contribution in [0.15, 0.2) is 12.2 Å². The lowest BCUT2D eigenvalue weighted by Gasteiger charge is -2.20. The van der Waals surface area contributed by atoms with Crippen molar-refractivity contribution in [3.63, 3.8) is 0 Å². The summed E-state index contributed by atoms with van der Waals surface area (Å²) in [5.41, 5.74) is 0.621. The van der Waals surface area contributed by atoms with E-state index in [4.69, 9.17) is 0 Å². The van der Waals surface area contributed by atoms with Gasteiger partial charge in [0.15, 0.2) is 0 Å². The van der Waals surface area contributed by atoms with Crippen LogP contribution >= 0.6 is 0 Å². The third kappa shape index (κ3) is 5.02. The lowest BCUT2D eigenvalue weighted by Crippen LogP contribution is -2.33. The molecule has 3 heteroatoms. The summed E-state index contributed by atoms with van der Waals surface area (Å²) in [6, 6.07) is 0. The summed E-state index contributed by atoms with van der Waals surface area (Å²) < 4.78 is 0. The predicted octanol–water partition coefficient (Wildman–Crippen LogP) is 1.41. The van der Waals surface area contributed by atoms with Gasteiger partial charge >= 0.3 is 0 Å². The van der Waals surface area contributed by atoms with Gasteiger partial charge in [-0.05, 0) is 33.4 Å². The largest absolute Gasteiger partial charge is 0.339 e. The standard InChI is InChI=1S/C11H22N2O/c1-5-12-8-7-9-13(6-2)11(14)10(3)4/h12H,3,5-9H2,1-2,4H3. The Morgan fingerprint density at radius 3 is 2.50 bits per heavy atom. The zero-order valence-electron chi connectivity index (χ0n) is 9.60. The van der Waals surface area contributed by atoms with Gasteiger partial charge in [-0.1, -0.05) is 13.5 Å². The molecule has 1 N–H and O–H groups in total. The molecule has 0 rings (SSSR count). The molecule has 0 atom stereocenters. The van der Waals surface area contributed by atoms with E-state index in [9.17, 15) is 4.79 Å². The van der Waals surface area contributed by atoms with E-state index in [0.29, 0.717) is 5.57 Å². The molecule has 0 aromatic carbocycles. The lowest BCUT2D eigenvalue weighted by molar-refractivity contribution is -0.126. The number of carbonyl (C=O) groups excluding carboxylic acids is 1. The monoisotopic (exact) mass is 198 g/mol. The molecule has 0 saturated heterocycles. The van der Waals surface area contributed by atoms with Crippen LogP contribution in [0.2, 0.25) is 0 Å². The zero-order chi connectivity index (χ0) is 11.0. The third-order valence-electron chi connectivity index (χ3n) is 2.07. The van der Waals surface area contributed by atoms with Gasteiger partial charge in [0.1, 0.15) is 0 Å². The summed E-state index contributed by atoms with van der Waals surface area (Å²) in [4.78, 5) is 13.4. The second-order valence-corrected chi connectivity index (χ2v) is 3.37. The molecule has 0 fully saturated rings. The molecule has 0 heterocycles. The summed E-state index contributed by atoms with van der Waals surface area (Å²) in [5, 5.41) is 3.24. The third-order valence-corrected chi connectivity index (χ3v) is 2.07. The van der Waals surface area contributed by atoms with E-state index in [1.165, 1.54) is 0 Å². The number of hydrogen-bond acceptors (Lipinski definition) is 2. The molecule has 0 spiro atoms. The van der Waals surface area contributed by atoms with E-state index in [1.54, 1.807) is 6.92 Å². The summed E-state index contributed by atoms with van der Waals surface area (Å²) in [5.74, 6) is 0.0731. The zero-order valence-corrected chi connectivity index (χ0v) is 9.60. The van der Waals surface area contributed by atoms with E-state index in [1.807, 2.05) is 11.8 Å². The van der Waals surface area contributed by atoms with Gasteiger partial charge in [0, 0.05) is 18.7 Å². The lowest BCUT2D eigenvalue weighted by atomic mass is 10.2. The molecule has 1 amide bonds. The van der Waals surface area contributed by atoms with Crippen LogP contribution in [0.4, 0.5) is 0 Å². The molecule has 0 bridgehead atoms. The average Bonchev–Trinajstić information content (AvgIpc) is 2.17. The van der Waals surface area contributed by atoms with Gasteiger partial charge < -0.3 is 10.2 Å². The Bertz CT molecular complexity index is 190. The van der Waals surface area contributed by atoms with Gasteiger partial charge in [0.05, 0.1) is 0 Å². The smallest absolute Gasteiger partial charge is 0.248 e. The fraction of sp³-hybridized carbons (Fsp3) is 0.727. The number of hydrogen-bond donors (Lipinski definition) is 1. The highest BCUT2D eigenvalue weighted by Crippen LogP contribution is 1.99. The Morgan fingerprint density at radius 2 is 2.07 bits per heavy atom. The topological polar surface area (TPSA) is 32.3 Å². The number of nitrogens with one attached hydrogen (secondary N) is 1. The first-order valence-corrected chi connectivity index (χ1v) is 5.29. The Hall–Kier alpha value is -0.830. The molecule has 0 unspecified atom stereocenters. The fourth-order valence-corrected chi connectivity index (χ4v) is 1.24. The minimum absolute atomic E-state index is 0.0731.